The van der Waals surface area contributed by atoms with Crippen molar-refractivity contribution in [2.75, 3.05) is 6.54 Å². The van der Waals surface area contributed by atoms with Gasteiger partial charge in [-0.2, -0.15) is 4.39 Å². The number of hydrogen-bond acceptors (Lipinski definition) is 2. The minimum atomic E-state index is -0.871. The third-order valence-corrected chi connectivity index (χ3v) is 3.05. The number of ether oxygens (including phenoxy) is 1. The average molecular weight is 241 g/mol. The van der Waals surface area contributed by atoms with E-state index in [1.807, 2.05) is 13.8 Å². The highest BCUT2D eigenvalue weighted by Gasteiger charge is 2.35. The molecule has 0 spiro atoms. The number of fused-ring (bicyclic) bond motifs is 1. The van der Waals surface area contributed by atoms with Crippen LogP contribution in [0.1, 0.15) is 38.3 Å². The van der Waals surface area contributed by atoms with Crippen LogP contribution in [-0.4, -0.2) is 12.6 Å². The first-order valence-electron chi connectivity index (χ1n) is 6.07. The minimum Gasteiger partial charge on any atom is -0.485 e. The van der Waals surface area contributed by atoms with E-state index in [0.29, 0.717) is 0 Å². The molecule has 0 fully saturated rings. The molecule has 1 aromatic carbocycles. The Morgan fingerprint density at radius 1 is 1.29 bits per heavy atom. The Hall–Kier alpha value is -1.16. The molecule has 1 N–H and O–H groups in total. The third-order valence-electron chi connectivity index (χ3n) is 3.05. The predicted octanol–water partition coefficient (Wildman–Crippen LogP) is 3.18. The highest BCUT2D eigenvalue weighted by Crippen LogP contribution is 2.40. The topological polar surface area (TPSA) is 21.3 Å². The van der Waals surface area contributed by atoms with Crippen molar-refractivity contribution < 1.29 is 13.5 Å². The maximum absolute atomic E-state index is 13.6. The summed E-state index contributed by atoms with van der Waals surface area (Å²) in [4.78, 5) is 0. The second kappa shape index (κ2) is 5.00. The first-order valence-corrected chi connectivity index (χ1v) is 6.07. The summed E-state index contributed by atoms with van der Waals surface area (Å²) in [6, 6.07) is 2.73. The fraction of sp³-hybridized carbons (Fsp3) is 0.538. The Morgan fingerprint density at radius 2 is 2.06 bits per heavy atom. The van der Waals surface area contributed by atoms with E-state index in [1.54, 1.807) is 6.07 Å². The zero-order valence-corrected chi connectivity index (χ0v) is 10.1. The molecular weight excluding hydrogens is 224 g/mol. The molecule has 1 aromatic rings. The van der Waals surface area contributed by atoms with Gasteiger partial charge in [0.15, 0.2) is 11.6 Å². The lowest BCUT2D eigenvalue weighted by molar-refractivity contribution is 0.172. The van der Waals surface area contributed by atoms with Crippen molar-refractivity contribution in [2.45, 2.75) is 38.8 Å². The summed E-state index contributed by atoms with van der Waals surface area (Å²) < 4.78 is 32.3. The Labute approximate surface area is 100.0 Å². The monoisotopic (exact) mass is 241 g/mol. The number of halogens is 2. The molecule has 0 bridgehead atoms. The third kappa shape index (κ3) is 2.14. The Kier molecular flexibility index (Phi) is 3.62. The summed E-state index contributed by atoms with van der Waals surface area (Å²) in [5.74, 6) is -1.64. The molecule has 0 saturated carbocycles. The highest BCUT2D eigenvalue weighted by atomic mass is 19.2. The van der Waals surface area contributed by atoms with Gasteiger partial charge in [0.2, 0.25) is 5.82 Å². The zero-order chi connectivity index (χ0) is 12.4. The lowest BCUT2D eigenvalue weighted by Crippen LogP contribution is -2.30. The summed E-state index contributed by atoms with van der Waals surface area (Å²) in [6.45, 7) is 4.81. The van der Waals surface area contributed by atoms with Crippen molar-refractivity contribution in [1.82, 2.24) is 5.32 Å². The van der Waals surface area contributed by atoms with Crippen LogP contribution in [0.3, 0.4) is 0 Å². The van der Waals surface area contributed by atoms with Gasteiger partial charge in [0.25, 0.3) is 0 Å². The van der Waals surface area contributed by atoms with Crippen molar-refractivity contribution in [3.05, 3.63) is 29.3 Å². The van der Waals surface area contributed by atoms with E-state index in [2.05, 4.69) is 5.32 Å². The van der Waals surface area contributed by atoms with E-state index in [-0.39, 0.29) is 17.9 Å². The van der Waals surface area contributed by atoms with Crippen LogP contribution in [0.25, 0.3) is 0 Å². The number of hydrogen-bond donors (Lipinski definition) is 1. The van der Waals surface area contributed by atoms with Crippen molar-refractivity contribution in [1.29, 1.82) is 0 Å². The summed E-state index contributed by atoms with van der Waals surface area (Å²) in [5.41, 5.74) is 0.726. The molecule has 0 aliphatic carbocycles. The van der Waals surface area contributed by atoms with Crippen LogP contribution in [0.2, 0.25) is 0 Å². The van der Waals surface area contributed by atoms with Crippen LogP contribution in [0.4, 0.5) is 8.78 Å². The standard InChI is InChI=1S/C13H17F2NO/c1-3-5-10-12(16-4-2)8-6-7-9(14)11(15)13(8)17-10/h6-7,10,12,16H,3-5H2,1-2H3. The summed E-state index contributed by atoms with van der Waals surface area (Å²) >= 11 is 0. The van der Waals surface area contributed by atoms with Crippen LogP contribution in [-0.2, 0) is 0 Å². The number of rotatable bonds is 4. The van der Waals surface area contributed by atoms with E-state index < -0.39 is 11.6 Å². The van der Waals surface area contributed by atoms with Crippen LogP contribution in [0, 0.1) is 11.6 Å². The Bertz CT molecular complexity index is 409. The van der Waals surface area contributed by atoms with Gasteiger partial charge < -0.3 is 10.1 Å². The van der Waals surface area contributed by atoms with Crippen molar-refractivity contribution in [2.24, 2.45) is 0 Å². The van der Waals surface area contributed by atoms with Crippen molar-refractivity contribution >= 4 is 0 Å². The first-order chi connectivity index (χ1) is 8.19. The average Bonchev–Trinajstić information content (AvgIpc) is 2.65. The van der Waals surface area contributed by atoms with E-state index in [9.17, 15) is 8.78 Å². The van der Waals surface area contributed by atoms with Crippen LogP contribution in [0.15, 0.2) is 12.1 Å². The second-order valence-corrected chi connectivity index (χ2v) is 4.26. The molecule has 0 saturated heterocycles. The van der Waals surface area contributed by atoms with Gasteiger partial charge in [-0.15, -0.1) is 0 Å². The number of benzene rings is 1. The molecule has 4 heteroatoms. The second-order valence-electron chi connectivity index (χ2n) is 4.26. The highest BCUT2D eigenvalue weighted by molar-refractivity contribution is 5.42. The lowest BCUT2D eigenvalue weighted by Gasteiger charge is -2.18. The predicted molar refractivity (Wildman–Crippen MR) is 62.1 cm³/mol. The first kappa shape index (κ1) is 12.3. The molecule has 2 atom stereocenters. The van der Waals surface area contributed by atoms with Gasteiger partial charge in [0.05, 0.1) is 6.04 Å². The fourth-order valence-corrected chi connectivity index (χ4v) is 2.30. The molecule has 1 heterocycles. The quantitative estimate of drug-likeness (QED) is 0.874. The largest absolute Gasteiger partial charge is 0.485 e. The molecule has 2 nitrogen and oxygen atoms in total. The SMILES string of the molecule is CCCC1Oc2c(ccc(F)c2F)C1NCC. The summed E-state index contributed by atoms with van der Waals surface area (Å²) in [5, 5.41) is 3.27. The van der Waals surface area contributed by atoms with Crippen molar-refractivity contribution in [3.8, 4) is 5.75 Å². The molecule has 0 amide bonds. The molecular formula is C13H17F2NO. The lowest BCUT2D eigenvalue weighted by atomic mass is 10.0. The number of nitrogens with one attached hydrogen (secondary N) is 1. The minimum absolute atomic E-state index is 0.0370. The molecule has 2 rings (SSSR count). The Morgan fingerprint density at radius 3 is 2.71 bits per heavy atom. The zero-order valence-electron chi connectivity index (χ0n) is 10.1. The van der Waals surface area contributed by atoms with Gasteiger partial charge >= 0.3 is 0 Å². The molecule has 0 radical (unpaired) electrons. The van der Waals surface area contributed by atoms with E-state index >= 15 is 0 Å². The summed E-state index contributed by atoms with van der Waals surface area (Å²) in [7, 11) is 0. The molecule has 94 valence electrons. The smallest absolute Gasteiger partial charge is 0.200 e. The Balaban J connectivity index is 2.35. The molecule has 1 aliphatic rings. The number of likely N-dealkylation sites (N-methyl/N-ethyl adjacent to an activating group) is 1. The molecule has 17 heavy (non-hydrogen) atoms. The molecule has 2 unspecified atom stereocenters. The van der Waals surface area contributed by atoms with E-state index in [4.69, 9.17) is 4.74 Å². The summed E-state index contributed by atoms with van der Waals surface area (Å²) in [6.07, 6.45) is 1.67. The van der Waals surface area contributed by atoms with Crippen LogP contribution < -0.4 is 10.1 Å². The maximum Gasteiger partial charge on any atom is 0.200 e. The van der Waals surface area contributed by atoms with Crippen molar-refractivity contribution in [3.63, 3.8) is 0 Å². The van der Waals surface area contributed by atoms with Gasteiger partial charge in [0.1, 0.15) is 6.10 Å². The maximum atomic E-state index is 13.6. The van der Waals surface area contributed by atoms with E-state index in [0.717, 1.165) is 31.0 Å². The van der Waals surface area contributed by atoms with Crippen LogP contribution >= 0.6 is 0 Å². The van der Waals surface area contributed by atoms with Gasteiger partial charge in [-0.05, 0) is 19.0 Å². The van der Waals surface area contributed by atoms with Gasteiger partial charge in [-0.3, -0.25) is 0 Å². The molecule has 1 aliphatic heterocycles. The van der Waals surface area contributed by atoms with Crippen LogP contribution in [0.5, 0.6) is 5.75 Å². The normalized spacial score (nSPS) is 22.4. The van der Waals surface area contributed by atoms with Gasteiger partial charge in [-0.1, -0.05) is 26.3 Å². The van der Waals surface area contributed by atoms with E-state index in [1.165, 1.54) is 0 Å². The molecule has 0 aromatic heterocycles. The fourth-order valence-electron chi connectivity index (χ4n) is 2.30. The van der Waals surface area contributed by atoms with Gasteiger partial charge in [0, 0.05) is 5.56 Å². The van der Waals surface area contributed by atoms with Gasteiger partial charge in [-0.25, -0.2) is 4.39 Å².